The Morgan fingerprint density at radius 2 is 1.68 bits per heavy atom. The van der Waals surface area contributed by atoms with E-state index in [4.69, 9.17) is 11.6 Å². The highest BCUT2D eigenvalue weighted by Gasteiger charge is 2.42. The van der Waals surface area contributed by atoms with Crippen LogP contribution in [0.5, 0.6) is 0 Å². The van der Waals surface area contributed by atoms with E-state index in [0.717, 1.165) is 31.2 Å². The summed E-state index contributed by atoms with van der Waals surface area (Å²) in [7, 11) is 0. The predicted molar refractivity (Wildman–Crippen MR) is 86.6 cm³/mol. The molecule has 22 heavy (non-hydrogen) atoms. The first-order chi connectivity index (χ1) is 10.6. The molecule has 1 aliphatic carbocycles. The molecule has 4 heteroatoms. The molecule has 0 saturated heterocycles. The first-order valence-electron chi connectivity index (χ1n) is 7.44. The number of halogens is 2. The Hall–Kier alpha value is -1.87. The number of rotatable bonds is 3. The van der Waals surface area contributed by atoms with Gasteiger partial charge in [-0.05, 0) is 42.7 Å². The molecule has 0 radical (unpaired) electrons. The maximum absolute atomic E-state index is 13.2. The van der Waals surface area contributed by atoms with Crippen molar-refractivity contribution in [2.45, 2.75) is 31.1 Å². The van der Waals surface area contributed by atoms with Gasteiger partial charge in [-0.15, -0.1) is 0 Å². The van der Waals surface area contributed by atoms with Crippen LogP contribution in [0, 0.1) is 5.82 Å². The van der Waals surface area contributed by atoms with Crippen molar-refractivity contribution in [1.82, 2.24) is 0 Å². The summed E-state index contributed by atoms with van der Waals surface area (Å²) in [5.41, 5.74) is 0.894. The van der Waals surface area contributed by atoms with Crippen molar-refractivity contribution in [1.29, 1.82) is 0 Å². The van der Waals surface area contributed by atoms with Gasteiger partial charge in [-0.1, -0.05) is 48.7 Å². The van der Waals surface area contributed by atoms with Gasteiger partial charge in [0.1, 0.15) is 5.82 Å². The second kappa shape index (κ2) is 6.09. The number of hydrogen-bond donors (Lipinski definition) is 1. The van der Waals surface area contributed by atoms with Gasteiger partial charge >= 0.3 is 0 Å². The van der Waals surface area contributed by atoms with Crippen LogP contribution < -0.4 is 5.32 Å². The normalized spacial score (nSPS) is 16.5. The third-order valence-corrected chi connectivity index (χ3v) is 4.74. The number of anilines is 1. The maximum Gasteiger partial charge on any atom is 0.235 e. The Morgan fingerprint density at radius 1 is 1.05 bits per heavy atom. The van der Waals surface area contributed by atoms with Gasteiger partial charge in [0, 0.05) is 0 Å². The Morgan fingerprint density at radius 3 is 2.32 bits per heavy atom. The number of para-hydroxylation sites is 1. The van der Waals surface area contributed by atoms with Crippen molar-refractivity contribution in [2.24, 2.45) is 0 Å². The lowest BCUT2D eigenvalue weighted by atomic mass is 9.78. The highest BCUT2D eigenvalue weighted by Crippen LogP contribution is 2.42. The van der Waals surface area contributed by atoms with Crippen LogP contribution in [-0.4, -0.2) is 5.91 Å². The van der Waals surface area contributed by atoms with Crippen molar-refractivity contribution in [2.75, 3.05) is 5.32 Å². The molecule has 0 aliphatic heterocycles. The molecule has 3 rings (SSSR count). The van der Waals surface area contributed by atoms with Crippen molar-refractivity contribution in [3.8, 4) is 0 Å². The van der Waals surface area contributed by atoms with Crippen molar-refractivity contribution in [3.63, 3.8) is 0 Å². The molecule has 1 aliphatic rings. The highest BCUT2D eigenvalue weighted by molar-refractivity contribution is 6.33. The van der Waals surface area contributed by atoms with Gasteiger partial charge in [-0.2, -0.15) is 0 Å². The highest BCUT2D eigenvalue weighted by atomic mass is 35.5. The Balaban J connectivity index is 1.92. The quantitative estimate of drug-likeness (QED) is 0.854. The average molecular weight is 318 g/mol. The molecule has 0 aromatic heterocycles. The summed E-state index contributed by atoms with van der Waals surface area (Å²) in [6.45, 7) is 0. The second-order valence-electron chi connectivity index (χ2n) is 5.73. The topological polar surface area (TPSA) is 29.1 Å². The van der Waals surface area contributed by atoms with Crippen LogP contribution in [0.15, 0.2) is 48.5 Å². The Kier molecular flexibility index (Phi) is 4.16. The van der Waals surface area contributed by atoms with Gasteiger partial charge in [0.05, 0.1) is 16.1 Å². The smallest absolute Gasteiger partial charge is 0.235 e. The van der Waals surface area contributed by atoms with Crippen LogP contribution in [0.3, 0.4) is 0 Å². The van der Waals surface area contributed by atoms with E-state index in [9.17, 15) is 9.18 Å². The number of amides is 1. The number of benzene rings is 2. The fourth-order valence-electron chi connectivity index (χ4n) is 3.20. The third-order valence-electron chi connectivity index (χ3n) is 4.41. The lowest BCUT2D eigenvalue weighted by molar-refractivity contribution is -0.121. The fraction of sp³-hybridized carbons (Fsp3) is 0.278. The van der Waals surface area contributed by atoms with Crippen molar-refractivity contribution >= 4 is 23.2 Å². The van der Waals surface area contributed by atoms with Crippen LogP contribution in [-0.2, 0) is 10.2 Å². The van der Waals surface area contributed by atoms with Gasteiger partial charge in [0.15, 0.2) is 0 Å². The summed E-state index contributed by atoms with van der Waals surface area (Å²) >= 11 is 6.12. The SMILES string of the molecule is O=C(Nc1ccccc1Cl)C1(c2ccc(F)cc2)CCCC1. The number of nitrogens with one attached hydrogen (secondary N) is 1. The van der Waals surface area contributed by atoms with Crippen LogP contribution in [0.2, 0.25) is 5.02 Å². The fourth-order valence-corrected chi connectivity index (χ4v) is 3.38. The third kappa shape index (κ3) is 2.73. The molecular formula is C18H17ClFNO. The molecule has 1 amide bonds. The Bertz CT molecular complexity index is 678. The van der Waals surface area contributed by atoms with Gasteiger partial charge in [-0.3, -0.25) is 4.79 Å². The molecule has 1 N–H and O–H groups in total. The van der Waals surface area contributed by atoms with Crippen LogP contribution >= 0.6 is 11.6 Å². The molecule has 0 atom stereocenters. The minimum atomic E-state index is -0.590. The predicted octanol–water partition coefficient (Wildman–Crippen LogP) is 4.93. The molecule has 0 bridgehead atoms. The standard InChI is InChI=1S/C18H17ClFNO/c19-15-5-1-2-6-16(15)21-17(22)18(11-3-4-12-18)13-7-9-14(20)10-8-13/h1-2,5-10H,3-4,11-12H2,(H,21,22). The van der Waals surface area contributed by atoms with E-state index in [0.29, 0.717) is 10.7 Å². The zero-order valence-corrected chi connectivity index (χ0v) is 12.9. The first-order valence-corrected chi connectivity index (χ1v) is 7.82. The minimum Gasteiger partial charge on any atom is -0.324 e. The van der Waals surface area contributed by atoms with Gasteiger partial charge in [0.25, 0.3) is 0 Å². The Labute approximate surface area is 134 Å². The molecule has 1 saturated carbocycles. The zero-order chi connectivity index (χ0) is 15.6. The van der Waals surface area contributed by atoms with Crippen LogP contribution in [0.25, 0.3) is 0 Å². The molecular weight excluding hydrogens is 301 g/mol. The van der Waals surface area contributed by atoms with E-state index in [1.165, 1.54) is 12.1 Å². The summed E-state index contributed by atoms with van der Waals surface area (Å²) in [6.07, 6.45) is 3.53. The summed E-state index contributed by atoms with van der Waals surface area (Å²) in [5, 5.41) is 3.46. The summed E-state index contributed by atoms with van der Waals surface area (Å²) in [5.74, 6) is -0.354. The van der Waals surface area contributed by atoms with Crippen molar-refractivity contribution in [3.05, 3.63) is 64.9 Å². The van der Waals surface area contributed by atoms with Crippen LogP contribution in [0.4, 0.5) is 10.1 Å². The summed E-state index contributed by atoms with van der Waals surface area (Å²) in [6, 6.07) is 13.4. The number of carbonyl (C=O) groups excluding carboxylic acids is 1. The molecule has 0 unspecified atom stereocenters. The van der Waals surface area contributed by atoms with Gasteiger partial charge in [0.2, 0.25) is 5.91 Å². The van der Waals surface area contributed by atoms with E-state index in [-0.39, 0.29) is 11.7 Å². The van der Waals surface area contributed by atoms with E-state index >= 15 is 0 Å². The largest absolute Gasteiger partial charge is 0.324 e. The molecule has 1 fully saturated rings. The monoisotopic (exact) mass is 317 g/mol. The number of carbonyl (C=O) groups is 1. The van der Waals surface area contributed by atoms with E-state index < -0.39 is 5.41 Å². The first kappa shape index (κ1) is 15.0. The van der Waals surface area contributed by atoms with E-state index in [1.807, 2.05) is 12.1 Å². The number of hydrogen-bond acceptors (Lipinski definition) is 1. The molecule has 2 aromatic rings. The van der Waals surface area contributed by atoms with Crippen molar-refractivity contribution < 1.29 is 9.18 Å². The molecule has 114 valence electrons. The van der Waals surface area contributed by atoms with Gasteiger partial charge in [-0.25, -0.2) is 4.39 Å². The maximum atomic E-state index is 13.2. The lowest BCUT2D eigenvalue weighted by Gasteiger charge is -2.28. The zero-order valence-electron chi connectivity index (χ0n) is 12.1. The molecule has 0 heterocycles. The summed E-state index contributed by atoms with van der Waals surface area (Å²) < 4.78 is 13.2. The second-order valence-corrected chi connectivity index (χ2v) is 6.14. The average Bonchev–Trinajstić information content (AvgIpc) is 3.01. The lowest BCUT2D eigenvalue weighted by Crippen LogP contribution is -2.38. The van der Waals surface area contributed by atoms with E-state index in [1.54, 1.807) is 24.3 Å². The van der Waals surface area contributed by atoms with E-state index in [2.05, 4.69) is 5.32 Å². The van der Waals surface area contributed by atoms with Gasteiger partial charge < -0.3 is 5.32 Å². The minimum absolute atomic E-state index is 0.0651. The molecule has 0 spiro atoms. The molecule has 2 aromatic carbocycles. The molecule has 2 nitrogen and oxygen atoms in total. The summed E-state index contributed by atoms with van der Waals surface area (Å²) in [4.78, 5) is 12.9. The van der Waals surface area contributed by atoms with Crippen LogP contribution in [0.1, 0.15) is 31.2 Å².